The van der Waals surface area contributed by atoms with Gasteiger partial charge in [0.25, 0.3) is 0 Å². The van der Waals surface area contributed by atoms with Gasteiger partial charge in [0.1, 0.15) is 0 Å². The van der Waals surface area contributed by atoms with Gasteiger partial charge in [-0.2, -0.15) is 0 Å². The van der Waals surface area contributed by atoms with Crippen molar-refractivity contribution >= 4 is 28.2 Å². The molecule has 0 aliphatic heterocycles. The number of allylic oxidation sites excluding steroid dienone is 2. The second-order valence-electron chi connectivity index (χ2n) is 2.77. The van der Waals surface area contributed by atoms with Crippen molar-refractivity contribution in [2.45, 2.75) is 0 Å². The number of hydrogen-bond acceptors (Lipinski definition) is 2. The van der Waals surface area contributed by atoms with Gasteiger partial charge in [-0.1, -0.05) is 30.9 Å². The van der Waals surface area contributed by atoms with Crippen molar-refractivity contribution in [1.29, 1.82) is 0 Å². The summed E-state index contributed by atoms with van der Waals surface area (Å²) in [4.78, 5) is 2.60. The molecule has 2 aromatic rings. The second kappa shape index (κ2) is 4.40. The van der Waals surface area contributed by atoms with Crippen LogP contribution in [0.25, 0.3) is 5.57 Å². The van der Waals surface area contributed by atoms with E-state index in [1.165, 1.54) is 15.3 Å². The van der Waals surface area contributed by atoms with Crippen molar-refractivity contribution in [3.8, 4) is 0 Å². The summed E-state index contributed by atoms with van der Waals surface area (Å²) in [5.74, 6) is 0. The van der Waals surface area contributed by atoms with Crippen molar-refractivity contribution < 1.29 is 0 Å². The second-order valence-corrected chi connectivity index (χ2v) is 4.67. The Labute approximate surface area is 91.8 Å². The lowest BCUT2D eigenvalue weighted by atomic mass is 10.1. The Morgan fingerprint density at radius 3 is 2.00 bits per heavy atom. The summed E-state index contributed by atoms with van der Waals surface area (Å²) in [5.41, 5.74) is 1.27. The van der Waals surface area contributed by atoms with Gasteiger partial charge in [-0.3, -0.25) is 0 Å². The third-order valence-electron chi connectivity index (χ3n) is 1.86. The normalized spacial score (nSPS) is 9.71. The van der Waals surface area contributed by atoms with Crippen molar-refractivity contribution in [2.75, 3.05) is 0 Å². The van der Waals surface area contributed by atoms with E-state index in [-0.39, 0.29) is 0 Å². The van der Waals surface area contributed by atoms with Crippen molar-refractivity contribution in [3.05, 3.63) is 63.5 Å². The average molecular weight is 218 g/mol. The highest BCUT2D eigenvalue weighted by molar-refractivity contribution is 7.13. The summed E-state index contributed by atoms with van der Waals surface area (Å²) < 4.78 is 0. The molecule has 0 aromatic carbocycles. The summed E-state index contributed by atoms with van der Waals surface area (Å²) in [7, 11) is 0. The van der Waals surface area contributed by atoms with Gasteiger partial charge in [0, 0.05) is 15.3 Å². The first kappa shape index (κ1) is 9.44. The quantitative estimate of drug-likeness (QED) is 0.669. The molecule has 2 rings (SSSR count). The highest BCUT2D eigenvalue weighted by Gasteiger charge is 2.05. The topological polar surface area (TPSA) is 0 Å². The van der Waals surface area contributed by atoms with Crippen LogP contribution in [0, 0.1) is 0 Å². The first-order valence-electron chi connectivity index (χ1n) is 4.32. The standard InChI is InChI=1S/C12H10S2/c1-2-5-10(11-6-3-8-13-11)12-7-4-9-14-12/h2-9H,1H2. The molecule has 0 spiro atoms. The molecule has 70 valence electrons. The predicted octanol–water partition coefficient (Wildman–Crippen LogP) is 4.43. The zero-order valence-corrected chi connectivity index (χ0v) is 9.28. The van der Waals surface area contributed by atoms with E-state index >= 15 is 0 Å². The minimum atomic E-state index is 1.27. The molecule has 2 heteroatoms. The summed E-state index contributed by atoms with van der Waals surface area (Å²) in [6.07, 6.45) is 3.91. The molecule has 0 unspecified atom stereocenters. The van der Waals surface area contributed by atoms with Crippen LogP contribution in [-0.4, -0.2) is 0 Å². The smallest absolute Gasteiger partial charge is 0.0356 e. The number of thiophene rings is 2. The average Bonchev–Trinajstić information content (AvgIpc) is 2.87. The fourth-order valence-corrected chi connectivity index (χ4v) is 2.86. The van der Waals surface area contributed by atoms with Crippen LogP contribution >= 0.6 is 22.7 Å². The summed E-state index contributed by atoms with van der Waals surface area (Å²) in [5, 5.41) is 4.19. The molecule has 0 aliphatic carbocycles. The van der Waals surface area contributed by atoms with Crippen LogP contribution in [0.2, 0.25) is 0 Å². The fourth-order valence-electron chi connectivity index (χ4n) is 1.27. The third kappa shape index (κ3) is 1.86. The molecule has 0 atom stereocenters. The molecular formula is C12H10S2. The molecule has 0 aliphatic rings. The van der Waals surface area contributed by atoms with Crippen molar-refractivity contribution in [1.82, 2.24) is 0 Å². The Bertz CT molecular complexity index is 383. The molecule has 0 radical (unpaired) electrons. The summed E-state index contributed by atoms with van der Waals surface area (Å²) >= 11 is 3.52. The monoisotopic (exact) mass is 218 g/mol. The Balaban J connectivity index is 2.45. The molecule has 0 N–H and O–H groups in total. The molecule has 0 amide bonds. The SMILES string of the molecule is C=CC=C(c1cccs1)c1cccs1. The van der Waals surface area contributed by atoms with Gasteiger partial charge in [0.05, 0.1) is 0 Å². The Morgan fingerprint density at radius 1 is 1.07 bits per heavy atom. The van der Waals surface area contributed by atoms with Crippen LogP contribution in [0.15, 0.2) is 53.8 Å². The molecule has 0 saturated heterocycles. The molecule has 0 bridgehead atoms. The van der Waals surface area contributed by atoms with Gasteiger partial charge in [0.15, 0.2) is 0 Å². The Kier molecular flexibility index (Phi) is 2.96. The van der Waals surface area contributed by atoms with E-state index in [1.54, 1.807) is 22.7 Å². The van der Waals surface area contributed by atoms with Crippen molar-refractivity contribution in [2.24, 2.45) is 0 Å². The van der Waals surface area contributed by atoms with E-state index in [4.69, 9.17) is 0 Å². The minimum Gasteiger partial charge on any atom is -0.144 e. The van der Waals surface area contributed by atoms with Gasteiger partial charge < -0.3 is 0 Å². The van der Waals surface area contributed by atoms with Gasteiger partial charge in [0.2, 0.25) is 0 Å². The molecule has 0 saturated carbocycles. The largest absolute Gasteiger partial charge is 0.144 e. The zero-order chi connectivity index (χ0) is 9.80. The maximum Gasteiger partial charge on any atom is 0.0356 e. The highest BCUT2D eigenvalue weighted by atomic mass is 32.1. The molecule has 14 heavy (non-hydrogen) atoms. The van der Waals surface area contributed by atoms with Gasteiger partial charge in [-0.15, -0.1) is 22.7 Å². The lowest BCUT2D eigenvalue weighted by Gasteiger charge is -1.99. The summed E-state index contributed by atoms with van der Waals surface area (Å²) in [6.45, 7) is 3.75. The van der Waals surface area contributed by atoms with E-state index in [9.17, 15) is 0 Å². The fraction of sp³-hybridized carbons (Fsp3) is 0. The minimum absolute atomic E-state index is 1.27. The van der Waals surface area contributed by atoms with Crippen LogP contribution in [0.4, 0.5) is 0 Å². The molecule has 0 fully saturated rings. The van der Waals surface area contributed by atoms with Crippen molar-refractivity contribution in [3.63, 3.8) is 0 Å². The maximum absolute atomic E-state index is 3.75. The van der Waals surface area contributed by atoms with Crippen LogP contribution in [0.1, 0.15) is 9.75 Å². The number of rotatable bonds is 3. The van der Waals surface area contributed by atoms with Gasteiger partial charge >= 0.3 is 0 Å². The van der Waals surface area contributed by atoms with E-state index in [0.717, 1.165) is 0 Å². The predicted molar refractivity (Wildman–Crippen MR) is 65.9 cm³/mol. The lowest BCUT2D eigenvalue weighted by Crippen LogP contribution is -1.77. The van der Waals surface area contributed by atoms with Gasteiger partial charge in [-0.25, -0.2) is 0 Å². The number of hydrogen-bond donors (Lipinski definition) is 0. The van der Waals surface area contributed by atoms with E-state index in [1.807, 2.05) is 6.08 Å². The molecular weight excluding hydrogens is 208 g/mol. The van der Waals surface area contributed by atoms with Crippen LogP contribution in [0.5, 0.6) is 0 Å². The van der Waals surface area contributed by atoms with Crippen LogP contribution in [0.3, 0.4) is 0 Å². The molecule has 2 aromatic heterocycles. The molecule has 2 heterocycles. The van der Waals surface area contributed by atoms with E-state index in [0.29, 0.717) is 0 Å². The summed E-state index contributed by atoms with van der Waals surface area (Å²) in [6, 6.07) is 8.43. The van der Waals surface area contributed by atoms with E-state index in [2.05, 4.69) is 47.7 Å². The Hall–Kier alpha value is -1.12. The lowest BCUT2D eigenvalue weighted by molar-refractivity contribution is 1.78. The highest BCUT2D eigenvalue weighted by Crippen LogP contribution is 2.30. The first-order chi connectivity index (χ1) is 6.92. The Morgan fingerprint density at radius 2 is 1.64 bits per heavy atom. The van der Waals surface area contributed by atoms with Crippen LogP contribution < -0.4 is 0 Å². The molecule has 0 nitrogen and oxygen atoms in total. The third-order valence-corrected chi connectivity index (χ3v) is 3.66. The van der Waals surface area contributed by atoms with Gasteiger partial charge in [-0.05, 0) is 22.9 Å². The maximum atomic E-state index is 3.75. The van der Waals surface area contributed by atoms with Crippen LogP contribution in [-0.2, 0) is 0 Å². The van der Waals surface area contributed by atoms with E-state index < -0.39 is 0 Å². The zero-order valence-electron chi connectivity index (χ0n) is 7.64. The first-order valence-corrected chi connectivity index (χ1v) is 6.08.